The van der Waals surface area contributed by atoms with Crippen LogP contribution in [0.1, 0.15) is 22.3 Å². The third-order valence-corrected chi connectivity index (χ3v) is 2.58. The van der Waals surface area contributed by atoms with Gasteiger partial charge in [0.15, 0.2) is 0 Å². The number of nitrogens with zero attached hydrogens (tertiary/aromatic N) is 1. The van der Waals surface area contributed by atoms with Crippen molar-refractivity contribution in [1.82, 2.24) is 10.2 Å². The van der Waals surface area contributed by atoms with E-state index in [0.717, 1.165) is 5.56 Å². The lowest BCUT2D eigenvalue weighted by atomic mass is 10.1. The van der Waals surface area contributed by atoms with E-state index in [9.17, 15) is 9.59 Å². The molecule has 5 nitrogen and oxygen atoms in total. The summed E-state index contributed by atoms with van der Waals surface area (Å²) in [5, 5.41) is 11.3. The number of rotatable bonds is 4. The molecule has 0 bridgehead atoms. The number of hydrogen-bond donors (Lipinski definition) is 2. The largest absolute Gasteiger partial charge is 0.384 e. The highest BCUT2D eigenvalue weighted by Crippen LogP contribution is 2.03. The summed E-state index contributed by atoms with van der Waals surface area (Å²) in [4.78, 5) is 24.6. The summed E-state index contributed by atoms with van der Waals surface area (Å²) in [5.41, 5.74) is 1.25. The fraction of sp³-hybridized carbons (Fsp3) is 0.333. The van der Waals surface area contributed by atoms with E-state index in [1.807, 2.05) is 0 Å². The zero-order valence-corrected chi connectivity index (χ0v) is 11.6. The van der Waals surface area contributed by atoms with Crippen molar-refractivity contribution in [1.29, 1.82) is 0 Å². The van der Waals surface area contributed by atoms with E-state index < -0.39 is 0 Å². The first-order valence-corrected chi connectivity index (χ1v) is 6.22. The Morgan fingerprint density at radius 3 is 2.45 bits per heavy atom. The molecule has 1 rings (SSSR count). The molecule has 2 amide bonds. The third kappa shape index (κ3) is 5.12. The lowest BCUT2D eigenvalue weighted by Crippen LogP contribution is -2.30. The van der Waals surface area contributed by atoms with E-state index in [1.54, 1.807) is 38.4 Å². The Kier molecular flexibility index (Phi) is 6.27. The van der Waals surface area contributed by atoms with Crippen molar-refractivity contribution >= 4 is 11.8 Å². The van der Waals surface area contributed by atoms with E-state index in [4.69, 9.17) is 5.11 Å². The summed E-state index contributed by atoms with van der Waals surface area (Å²) in [6.07, 6.45) is 0.277. The second-order valence-electron chi connectivity index (χ2n) is 4.33. The predicted octanol–water partition coefficient (Wildman–Crippen LogP) is 0.238. The van der Waals surface area contributed by atoms with Gasteiger partial charge in [-0.2, -0.15) is 0 Å². The maximum Gasteiger partial charge on any atom is 0.251 e. The number of benzene rings is 1. The minimum atomic E-state index is -0.224. The molecule has 20 heavy (non-hydrogen) atoms. The Labute approximate surface area is 118 Å². The number of nitrogens with one attached hydrogen (secondary N) is 1. The Hall–Kier alpha value is -2.32. The number of carbonyl (C=O) groups excluding carboxylic acids is 2. The van der Waals surface area contributed by atoms with Crippen molar-refractivity contribution in [3.05, 3.63) is 35.4 Å². The molecule has 5 heteroatoms. The van der Waals surface area contributed by atoms with Crippen LogP contribution >= 0.6 is 0 Å². The number of carbonyl (C=O) groups is 2. The first-order chi connectivity index (χ1) is 9.54. The summed E-state index contributed by atoms with van der Waals surface area (Å²) in [6.45, 7) is 0.115. The average Bonchev–Trinajstić information content (AvgIpc) is 2.45. The molecule has 0 fully saturated rings. The molecule has 0 atom stereocenters. The molecule has 0 saturated carbocycles. The zero-order valence-electron chi connectivity index (χ0n) is 11.6. The molecule has 0 aliphatic carbocycles. The molecule has 0 aliphatic heterocycles. The SMILES string of the molecule is CN(C)C(=O)CCNC(=O)c1ccc(C#CCO)cc1. The summed E-state index contributed by atoms with van der Waals surface area (Å²) in [5.74, 6) is 5.03. The van der Waals surface area contributed by atoms with Gasteiger partial charge in [0, 0.05) is 38.2 Å². The van der Waals surface area contributed by atoms with Crippen LogP contribution in [0.5, 0.6) is 0 Å². The van der Waals surface area contributed by atoms with Crippen molar-refractivity contribution < 1.29 is 14.7 Å². The standard InChI is InChI=1S/C15H18N2O3/c1-17(2)14(19)9-10-16-15(20)13-7-5-12(6-8-13)4-3-11-18/h5-8,18H,9-11H2,1-2H3,(H,16,20). The number of hydrogen-bond acceptors (Lipinski definition) is 3. The molecule has 0 radical (unpaired) electrons. The first-order valence-electron chi connectivity index (χ1n) is 6.22. The van der Waals surface area contributed by atoms with Gasteiger partial charge in [0.25, 0.3) is 5.91 Å². The van der Waals surface area contributed by atoms with E-state index in [-0.39, 0.29) is 24.8 Å². The van der Waals surface area contributed by atoms with Gasteiger partial charge >= 0.3 is 0 Å². The van der Waals surface area contributed by atoms with E-state index in [2.05, 4.69) is 17.2 Å². The van der Waals surface area contributed by atoms with Crippen LogP contribution in [0.2, 0.25) is 0 Å². The van der Waals surface area contributed by atoms with Crippen molar-refractivity contribution in [2.45, 2.75) is 6.42 Å². The molecular formula is C15H18N2O3. The van der Waals surface area contributed by atoms with Gasteiger partial charge in [-0.3, -0.25) is 9.59 Å². The van der Waals surface area contributed by atoms with Crippen LogP contribution < -0.4 is 5.32 Å². The molecule has 0 heterocycles. The molecule has 2 N–H and O–H groups in total. The topological polar surface area (TPSA) is 69.6 Å². The minimum Gasteiger partial charge on any atom is -0.384 e. The summed E-state index contributed by atoms with van der Waals surface area (Å²) in [6, 6.07) is 6.74. The molecule has 0 aromatic heterocycles. The Balaban J connectivity index is 2.50. The van der Waals surface area contributed by atoms with Gasteiger partial charge in [-0.25, -0.2) is 0 Å². The quantitative estimate of drug-likeness (QED) is 0.773. The molecule has 106 valence electrons. The maximum absolute atomic E-state index is 11.8. The van der Waals surface area contributed by atoms with Crippen molar-refractivity contribution in [3.63, 3.8) is 0 Å². The smallest absolute Gasteiger partial charge is 0.251 e. The summed E-state index contributed by atoms with van der Waals surface area (Å²) < 4.78 is 0. The minimum absolute atomic E-state index is 0.0278. The van der Waals surface area contributed by atoms with Crippen molar-refractivity contribution in [3.8, 4) is 11.8 Å². The fourth-order valence-corrected chi connectivity index (χ4v) is 1.46. The lowest BCUT2D eigenvalue weighted by molar-refractivity contribution is -0.128. The second kappa shape index (κ2) is 7.97. The highest BCUT2D eigenvalue weighted by atomic mass is 16.2. The fourth-order valence-electron chi connectivity index (χ4n) is 1.46. The zero-order chi connectivity index (χ0) is 15.0. The van der Waals surface area contributed by atoms with Crippen molar-refractivity contribution in [2.24, 2.45) is 0 Å². The van der Waals surface area contributed by atoms with E-state index in [1.165, 1.54) is 4.90 Å². The molecule has 0 aliphatic rings. The summed E-state index contributed by atoms with van der Waals surface area (Å²) in [7, 11) is 3.35. The number of aliphatic hydroxyl groups excluding tert-OH is 1. The van der Waals surface area contributed by atoms with Gasteiger partial charge in [-0.15, -0.1) is 0 Å². The molecule has 0 spiro atoms. The molecule has 1 aromatic carbocycles. The van der Waals surface area contributed by atoms with Gasteiger partial charge in [0.1, 0.15) is 6.61 Å². The Morgan fingerprint density at radius 1 is 1.25 bits per heavy atom. The van der Waals surface area contributed by atoms with Crippen LogP contribution in [-0.2, 0) is 4.79 Å². The molecule has 0 unspecified atom stereocenters. The van der Waals surface area contributed by atoms with Gasteiger partial charge < -0.3 is 15.3 Å². The van der Waals surface area contributed by atoms with Gasteiger partial charge in [0.2, 0.25) is 5.91 Å². The highest BCUT2D eigenvalue weighted by molar-refractivity contribution is 5.94. The normalized spacial score (nSPS) is 9.35. The van der Waals surface area contributed by atoms with Crippen LogP contribution in [0.15, 0.2) is 24.3 Å². The Bertz CT molecular complexity index is 524. The van der Waals surface area contributed by atoms with Crippen LogP contribution in [0.3, 0.4) is 0 Å². The van der Waals surface area contributed by atoms with E-state index in [0.29, 0.717) is 12.1 Å². The van der Waals surface area contributed by atoms with Gasteiger partial charge in [-0.05, 0) is 24.3 Å². The summed E-state index contributed by atoms with van der Waals surface area (Å²) >= 11 is 0. The second-order valence-corrected chi connectivity index (χ2v) is 4.33. The lowest BCUT2D eigenvalue weighted by Gasteiger charge is -2.10. The van der Waals surface area contributed by atoms with Crippen LogP contribution in [0.25, 0.3) is 0 Å². The van der Waals surface area contributed by atoms with E-state index >= 15 is 0 Å². The first kappa shape index (κ1) is 15.7. The average molecular weight is 274 g/mol. The highest BCUT2D eigenvalue weighted by Gasteiger charge is 2.07. The molecule has 1 aromatic rings. The van der Waals surface area contributed by atoms with Gasteiger partial charge in [-0.1, -0.05) is 11.8 Å². The predicted molar refractivity (Wildman–Crippen MR) is 76.1 cm³/mol. The Morgan fingerprint density at radius 2 is 1.90 bits per heavy atom. The van der Waals surface area contributed by atoms with Gasteiger partial charge in [0.05, 0.1) is 0 Å². The van der Waals surface area contributed by atoms with Crippen LogP contribution in [0.4, 0.5) is 0 Å². The van der Waals surface area contributed by atoms with Crippen LogP contribution in [0, 0.1) is 11.8 Å². The monoisotopic (exact) mass is 274 g/mol. The molecular weight excluding hydrogens is 256 g/mol. The van der Waals surface area contributed by atoms with Crippen molar-refractivity contribution in [2.75, 3.05) is 27.2 Å². The van der Waals surface area contributed by atoms with Crippen LogP contribution in [-0.4, -0.2) is 49.1 Å². The third-order valence-electron chi connectivity index (χ3n) is 2.58. The number of amides is 2. The maximum atomic E-state index is 11.8. The number of aliphatic hydroxyl groups is 1. The molecule has 0 saturated heterocycles.